The van der Waals surface area contributed by atoms with Crippen molar-refractivity contribution in [2.75, 3.05) is 0 Å². The van der Waals surface area contributed by atoms with Gasteiger partial charge in [-0.05, 0) is 54.3 Å². The molecule has 80 valence electrons. The lowest BCUT2D eigenvalue weighted by atomic mass is 10.2. The van der Waals surface area contributed by atoms with Gasteiger partial charge in [-0.15, -0.1) is 11.3 Å². The molecule has 14 heavy (non-hydrogen) atoms. The Hall–Kier alpha value is 0.430. The molecule has 1 aromatic rings. The van der Waals surface area contributed by atoms with Crippen molar-refractivity contribution in [2.24, 2.45) is 0 Å². The second kappa shape index (κ2) is 6.83. The summed E-state index contributed by atoms with van der Waals surface area (Å²) in [7, 11) is 0. The summed E-state index contributed by atoms with van der Waals surface area (Å²) in [6.07, 6.45) is 7.85. The summed E-state index contributed by atoms with van der Waals surface area (Å²) in [6, 6.07) is 2.38. The largest absolute Gasteiger partial charge is 0.144 e. The van der Waals surface area contributed by atoms with E-state index < -0.39 is 0 Å². The van der Waals surface area contributed by atoms with E-state index in [9.17, 15) is 0 Å². The third-order valence-corrected chi connectivity index (χ3v) is 4.93. The average Bonchev–Trinajstić information content (AvgIpc) is 2.53. The molecule has 0 bridgehead atoms. The first-order chi connectivity index (χ1) is 6.77. The molecule has 0 spiro atoms. The number of unbranched alkanes of at least 4 members (excludes halogenated alkanes) is 2. The lowest BCUT2D eigenvalue weighted by Gasteiger charge is -1.95. The minimum absolute atomic E-state index is 1.28. The lowest BCUT2D eigenvalue weighted by Crippen LogP contribution is -1.80. The highest BCUT2D eigenvalue weighted by molar-refractivity contribution is 14.1. The van der Waals surface area contributed by atoms with Crippen LogP contribution in [-0.4, -0.2) is 0 Å². The fourth-order valence-corrected chi connectivity index (χ4v) is 3.77. The van der Waals surface area contributed by atoms with Crippen LogP contribution in [0.4, 0.5) is 0 Å². The Morgan fingerprint density at radius 3 is 2.43 bits per heavy atom. The highest BCUT2D eigenvalue weighted by Crippen LogP contribution is 2.26. The number of hydrogen-bond acceptors (Lipinski definition) is 1. The van der Waals surface area contributed by atoms with Crippen molar-refractivity contribution < 1.29 is 0 Å². The molecule has 0 unspecified atom stereocenters. The first-order valence-electron chi connectivity index (χ1n) is 5.55. The quantitative estimate of drug-likeness (QED) is 0.644. The number of hydrogen-bond donors (Lipinski definition) is 0. The molecule has 0 saturated heterocycles. The van der Waals surface area contributed by atoms with Gasteiger partial charge in [0, 0.05) is 13.3 Å². The van der Waals surface area contributed by atoms with Crippen molar-refractivity contribution in [3.05, 3.63) is 19.4 Å². The topological polar surface area (TPSA) is 0 Å². The van der Waals surface area contributed by atoms with Gasteiger partial charge in [0.1, 0.15) is 0 Å². The standard InChI is InChI=1S/C12H19IS/c1-3-5-7-10-9-11(13)12(14-10)8-6-4-2/h9H,3-8H2,1-2H3. The second-order valence-electron chi connectivity index (χ2n) is 3.69. The van der Waals surface area contributed by atoms with Gasteiger partial charge in [-0.25, -0.2) is 0 Å². The van der Waals surface area contributed by atoms with Crippen LogP contribution in [0, 0.1) is 3.57 Å². The maximum atomic E-state index is 2.48. The number of aryl methyl sites for hydroxylation is 2. The van der Waals surface area contributed by atoms with E-state index >= 15 is 0 Å². The highest BCUT2D eigenvalue weighted by atomic mass is 127. The summed E-state index contributed by atoms with van der Waals surface area (Å²) < 4.78 is 1.49. The van der Waals surface area contributed by atoms with Crippen LogP contribution in [0.15, 0.2) is 6.07 Å². The third-order valence-electron chi connectivity index (χ3n) is 2.34. The van der Waals surface area contributed by atoms with E-state index in [4.69, 9.17) is 0 Å². The molecule has 0 N–H and O–H groups in total. The van der Waals surface area contributed by atoms with E-state index in [1.165, 1.54) is 42.1 Å². The van der Waals surface area contributed by atoms with Crippen LogP contribution in [0.3, 0.4) is 0 Å². The molecule has 0 fully saturated rings. The minimum Gasteiger partial charge on any atom is -0.144 e. The van der Waals surface area contributed by atoms with E-state index in [0.29, 0.717) is 0 Å². The summed E-state index contributed by atoms with van der Waals surface area (Å²) >= 11 is 4.51. The minimum atomic E-state index is 1.28. The maximum Gasteiger partial charge on any atom is 0.0272 e. The van der Waals surface area contributed by atoms with Gasteiger partial charge in [0.2, 0.25) is 0 Å². The molecule has 0 nitrogen and oxygen atoms in total. The SMILES string of the molecule is CCCCc1cc(I)c(CCCC)s1. The van der Waals surface area contributed by atoms with Gasteiger partial charge in [-0.2, -0.15) is 0 Å². The molecule has 1 heterocycles. The normalized spacial score (nSPS) is 10.8. The summed E-state index contributed by atoms with van der Waals surface area (Å²) in [5, 5.41) is 0. The van der Waals surface area contributed by atoms with E-state index in [0.717, 1.165) is 0 Å². The summed E-state index contributed by atoms with van der Waals surface area (Å²) in [4.78, 5) is 3.20. The molecule has 0 saturated carbocycles. The van der Waals surface area contributed by atoms with Crippen LogP contribution in [0.2, 0.25) is 0 Å². The fourth-order valence-electron chi connectivity index (χ4n) is 1.44. The Labute approximate surface area is 105 Å². The predicted octanol–water partition coefficient (Wildman–Crippen LogP) is 5.04. The molecular formula is C12H19IS. The van der Waals surface area contributed by atoms with E-state index in [2.05, 4.69) is 42.5 Å². The van der Waals surface area contributed by atoms with Crippen molar-refractivity contribution in [1.29, 1.82) is 0 Å². The van der Waals surface area contributed by atoms with E-state index in [1.807, 2.05) is 11.3 Å². The van der Waals surface area contributed by atoms with Gasteiger partial charge in [0.15, 0.2) is 0 Å². The smallest absolute Gasteiger partial charge is 0.0272 e. The van der Waals surface area contributed by atoms with Gasteiger partial charge in [-0.1, -0.05) is 26.7 Å². The first-order valence-corrected chi connectivity index (χ1v) is 7.44. The van der Waals surface area contributed by atoms with Gasteiger partial charge in [0.05, 0.1) is 0 Å². The van der Waals surface area contributed by atoms with Crippen LogP contribution in [-0.2, 0) is 12.8 Å². The second-order valence-corrected chi connectivity index (χ2v) is 6.07. The molecule has 0 radical (unpaired) electrons. The Morgan fingerprint density at radius 1 is 1.14 bits per heavy atom. The Morgan fingerprint density at radius 2 is 1.79 bits per heavy atom. The van der Waals surface area contributed by atoms with Crippen molar-refractivity contribution in [2.45, 2.75) is 52.4 Å². The Balaban J connectivity index is 2.53. The molecule has 0 amide bonds. The van der Waals surface area contributed by atoms with Crippen LogP contribution in [0.5, 0.6) is 0 Å². The molecule has 0 aliphatic rings. The van der Waals surface area contributed by atoms with E-state index in [1.54, 1.807) is 9.75 Å². The zero-order chi connectivity index (χ0) is 10.4. The van der Waals surface area contributed by atoms with Crippen LogP contribution in [0.1, 0.15) is 49.3 Å². The summed E-state index contributed by atoms with van der Waals surface area (Å²) in [5.74, 6) is 0. The van der Waals surface area contributed by atoms with Crippen molar-refractivity contribution in [1.82, 2.24) is 0 Å². The zero-order valence-electron chi connectivity index (χ0n) is 9.11. The number of thiophene rings is 1. The fraction of sp³-hybridized carbons (Fsp3) is 0.667. The average molecular weight is 322 g/mol. The molecule has 0 aliphatic heterocycles. The van der Waals surface area contributed by atoms with Crippen LogP contribution in [0.25, 0.3) is 0 Å². The third kappa shape index (κ3) is 3.89. The molecular weight excluding hydrogens is 303 g/mol. The van der Waals surface area contributed by atoms with Gasteiger partial charge < -0.3 is 0 Å². The lowest BCUT2D eigenvalue weighted by molar-refractivity contribution is 0.802. The van der Waals surface area contributed by atoms with Crippen molar-refractivity contribution >= 4 is 33.9 Å². The van der Waals surface area contributed by atoms with Crippen molar-refractivity contribution in [3.8, 4) is 0 Å². The summed E-state index contributed by atoms with van der Waals surface area (Å²) in [6.45, 7) is 4.52. The molecule has 1 rings (SSSR count). The maximum absolute atomic E-state index is 2.48. The Bertz CT molecular complexity index is 265. The molecule has 0 aliphatic carbocycles. The predicted molar refractivity (Wildman–Crippen MR) is 74.3 cm³/mol. The van der Waals surface area contributed by atoms with E-state index in [-0.39, 0.29) is 0 Å². The molecule has 1 aromatic heterocycles. The van der Waals surface area contributed by atoms with Gasteiger partial charge >= 0.3 is 0 Å². The summed E-state index contributed by atoms with van der Waals surface area (Å²) in [5.41, 5.74) is 0. The van der Waals surface area contributed by atoms with Gasteiger partial charge in [-0.3, -0.25) is 0 Å². The van der Waals surface area contributed by atoms with Gasteiger partial charge in [0.25, 0.3) is 0 Å². The number of rotatable bonds is 6. The Kier molecular flexibility index (Phi) is 6.10. The first kappa shape index (κ1) is 12.5. The molecule has 0 aromatic carbocycles. The monoisotopic (exact) mass is 322 g/mol. The molecule has 0 atom stereocenters. The molecule has 2 heteroatoms. The van der Waals surface area contributed by atoms with Crippen LogP contribution >= 0.6 is 33.9 Å². The number of halogens is 1. The highest BCUT2D eigenvalue weighted by Gasteiger charge is 2.05. The van der Waals surface area contributed by atoms with Crippen molar-refractivity contribution in [3.63, 3.8) is 0 Å². The van der Waals surface area contributed by atoms with Crippen LogP contribution < -0.4 is 0 Å². The zero-order valence-corrected chi connectivity index (χ0v) is 12.1.